The van der Waals surface area contributed by atoms with Gasteiger partial charge in [0, 0.05) is 54.6 Å². The largest absolute Gasteiger partial charge is 0.309 e. The lowest BCUT2D eigenvalue weighted by molar-refractivity contribution is 0.437. The van der Waals surface area contributed by atoms with E-state index in [0.29, 0.717) is 0 Å². The molecule has 0 spiro atoms. The molecule has 0 fully saturated rings. The van der Waals surface area contributed by atoms with Gasteiger partial charge in [-0.2, -0.15) is 0 Å². The standard InChI is InChI=1S/C20H26N2S3.2ClH/c1-21(2)9-11-23-15-5-7-19-17(13-15)18-14-16(6-8-20(18)25-19)24-12-10-22(3)4;;/h5-8,13-14H,9-12H2,1-4H3;2*1H. The van der Waals surface area contributed by atoms with Gasteiger partial charge in [-0.1, -0.05) is 0 Å². The van der Waals surface area contributed by atoms with Gasteiger partial charge in [-0.25, -0.2) is 0 Å². The number of rotatable bonds is 8. The Morgan fingerprint density at radius 2 is 1.11 bits per heavy atom. The van der Waals surface area contributed by atoms with Crippen molar-refractivity contribution in [2.24, 2.45) is 0 Å². The summed E-state index contributed by atoms with van der Waals surface area (Å²) in [6, 6.07) is 13.9. The van der Waals surface area contributed by atoms with Gasteiger partial charge in [0.2, 0.25) is 0 Å². The van der Waals surface area contributed by atoms with Crippen molar-refractivity contribution < 1.29 is 0 Å². The minimum atomic E-state index is 0. The monoisotopic (exact) mass is 462 g/mol. The van der Waals surface area contributed by atoms with E-state index in [0.717, 1.165) is 24.6 Å². The second-order valence-electron chi connectivity index (χ2n) is 6.72. The summed E-state index contributed by atoms with van der Waals surface area (Å²) >= 11 is 5.80. The fourth-order valence-corrected chi connectivity index (χ4v) is 5.79. The van der Waals surface area contributed by atoms with E-state index >= 15 is 0 Å². The lowest BCUT2D eigenvalue weighted by atomic mass is 10.1. The first-order chi connectivity index (χ1) is 12.0. The summed E-state index contributed by atoms with van der Waals surface area (Å²) in [5.74, 6) is 2.26. The van der Waals surface area contributed by atoms with Gasteiger partial charge in [-0.05, 0) is 64.6 Å². The molecule has 1 aromatic heterocycles. The topological polar surface area (TPSA) is 6.48 Å². The molecule has 0 amide bonds. The van der Waals surface area contributed by atoms with E-state index in [-0.39, 0.29) is 24.8 Å². The molecule has 0 aliphatic heterocycles. The molecule has 2 aromatic carbocycles. The molecule has 0 unspecified atom stereocenters. The molecule has 0 N–H and O–H groups in total. The first kappa shape index (κ1) is 24.9. The van der Waals surface area contributed by atoms with Gasteiger partial charge in [-0.3, -0.25) is 0 Å². The van der Waals surface area contributed by atoms with Crippen molar-refractivity contribution in [1.82, 2.24) is 9.80 Å². The molecule has 0 aliphatic carbocycles. The Morgan fingerprint density at radius 3 is 1.48 bits per heavy atom. The van der Waals surface area contributed by atoms with E-state index in [9.17, 15) is 0 Å². The molecule has 0 aliphatic rings. The third kappa shape index (κ3) is 7.00. The minimum Gasteiger partial charge on any atom is -0.309 e. The highest BCUT2D eigenvalue weighted by Crippen LogP contribution is 2.38. The Labute approximate surface area is 187 Å². The Balaban J connectivity index is 0.00000182. The first-order valence-corrected chi connectivity index (χ1v) is 11.3. The predicted octanol–water partition coefficient (Wildman–Crippen LogP) is 6.21. The summed E-state index contributed by atoms with van der Waals surface area (Å²) in [7, 11) is 8.52. The normalized spacial score (nSPS) is 11.2. The van der Waals surface area contributed by atoms with E-state index in [1.807, 2.05) is 34.9 Å². The van der Waals surface area contributed by atoms with Crippen molar-refractivity contribution in [3.05, 3.63) is 36.4 Å². The number of thiophene rings is 1. The minimum absolute atomic E-state index is 0. The van der Waals surface area contributed by atoms with Crippen LogP contribution in [0.15, 0.2) is 46.2 Å². The van der Waals surface area contributed by atoms with Gasteiger partial charge in [0.05, 0.1) is 0 Å². The molecule has 0 radical (unpaired) electrons. The Hall–Kier alpha value is -0.140. The SMILES string of the molecule is CN(C)CCSc1ccc2sc3ccc(SCCN(C)C)cc3c2c1.Cl.Cl. The molecule has 1 heterocycles. The molecule has 0 saturated heterocycles. The van der Waals surface area contributed by atoms with Gasteiger partial charge in [-0.15, -0.1) is 59.7 Å². The summed E-state index contributed by atoms with van der Waals surface area (Å²) in [4.78, 5) is 7.23. The van der Waals surface area contributed by atoms with E-state index in [1.165, 1.54) is 30.0 Å². The van der Waals surface area contributed by atoms with Gasteiger partial charge in [0.15, 0.2) is 0 Å². The zero-order valence-corrected chi connectivity index (χ0v) is 20.3. The predicted molar refractivity (Wildman–Crippen MR) is 132 cm³/mol. The molecule has 150 valence electrons. The summed E-state index contributed by atoms with van der Waals surface area (Å²) in [5, 5.41) is 2.81. The summed E-state index contributed by atoms with van der Waals surface area (Å²) in [6.07, 6.45) is 0. The molecule has 2 nitrogen and oxygen atoms in total. The van der Waals surface area contributed by atoms with Crippen LogP contribution in [0.5, 0.6) is 0 Å². The molecule has 3 aromatic rings. The van der Waals surface area contributed by atoms with Crippen molar-refractivity contribution in [2.45, 2.75) is 9.79 Å². The zero-order chi connectivity index (χ0) is 17.8. The van der Waals surface area contributed by atoms with Crippen LogP contribution in [-0.4, -0.2) is 62.6 Å². The molecule has 7 heteroatoms. The van der Waals surface area contributed by atoms with Crippen LogP contribution < -0.4 is 0 Å². The number of halogens is 2. The van der Waals surface area contributed by atoms with Crippen LogP contribution >= 0.6 is 59.7 Å². The maximum atomic E-state index is 2.38. The molecular formula is C20H28Cl2N2S3. The van der Waals surface area contributed by atoms with Gasteiger partial charge >= 0.3 is 0 Å². The fraction of sp³-hybridized carbons (Fsp3) is 0.400. The first-order valence-electron chi connectivity index (χ1n) is 8.54. The highest BCUT2D eigenvalue weighted by molar-refractivity contribution is 7.99. The third-order valence-electron chi connectivity index (χ3n) is 4.03. The summed E-state index contributed by atoms with van der Waals surface area (Å²) < 4.78 is 2.78. The number of thioether (sulfide) groups is 2. The molecule has 0 atom stereocenters. The van der Waals surface area contributed by atoms with Crippen molar-refractivity contribution in [2.75, 3.05) is 52.8 Å². The lowest BCUT2D eigenvalue weighted by Crippen LogP contribution is -2.14. The average molecular weight is 464 g/mol. The highest BCUT2D eigenvalue weighted by Gasteiger charge is 2.08. The van der Waals surface area contributed by atoms with Crippen LogP contribution in [0.3, 0.4) is 0 Å². The van der Waals surface area contributed by atoms with Crippen LogP contribution in [0.2, 0.25) is 0 Å². The van der Waals surface area contributed by atoms with Gasteiger partial charge in [0.1, 0.15) is 0 Å². The summed E-state index contributed by atoms with van der Waals surface area (Å²) in [6.45, 7) is 2.22. The van der Waals surface area contributed by atoms with Gasteiger partial charge in [0.25, 0.3) is 0 Å². The van der Waals surface area contributed by atoms with Crippen molar-refractivity contribution in [3.63, 3.8) is 0 Å². The fourth-order valence-electron chi connectivity index (χ4n) is 2.61. The smallest absolute Gasteiger partial charge is 0.0356 e. The van der Waals surface area contributed by atoms with Crippen LogP contribution in [0.4, 0.5) is 0 Å². The number of hydrogen-bond donors (Lipinski definition) is 0. The van der Waals surface area contributed by atoms with Crippen molar-refractivity contribution in [1.29, 1.82) is 0 Å². The van der Waals surface area contributed by atoms with E-state index in [2.05, 4.69) is 74.4 Å². The third-order valence-corrected chi connectivity index (χ3v) is 7.13. The van der Waals surface area contributed by atoms with Crippen LogP contribution in [0.1, 0.15) is 0 Å². The van der Waals surface area contributed by atoms with Crippen molar-refractivity contribution in [3.8, 4) is 0 Å². The molecule has 0 bridgehead atoms. The molecular weight excluding hydrogens is 435 g/mol. The van der Waals surface area contributed by atoms with Crippen LogP contribution in [-0.2, 0) is 0 Å². The second-order valence-corrected chi connectivity index (χ2v) is 10.1. The zero-order valence-electron chi connectivity index (χ0n) is 16.2. The van der Waals surface area contributed by atoms with Crippen molar-refractivity contribution >= 4 is 79.8 Å². The number of fused-ring (bicyclic) bond motifs is 3. The maximum absolute atomic E-state index is 2.38. The molecule has 3 rings (SSSR count). The Kier molecular flexibility index (Phi) is 10.8. The quantitative estimate of drug-likeness (QED) is 0.367. The van der Waals surface area contributed by atoms with E-state index in [1.54, 1.807) is 0 Å². The van der Waals surface area contributed by atoms with Gasteiger partial charge < -0.3 is 9.80 Å². The average Bonchev–Trinajstić information content (AvgIpc) is 2.92. The van der Waals surface area contributed by atoms with E-state index in [4.69, 9.17) is 0 Å². The molecule has 27 heavy (non-hydrogen) atoms. The maximum Gasteiger partial charge on any atom is 0.0356 e. The second kappa shape index (κ2) is 11.8. The Bertz CT molecular complexity index is 781. The lowest BCUT2D eigenvalue weighted by Gasteiger charge is -2.09. The van der Waals surface area contributed by atoms with Crippen LogP contribution in [0, 0.1) is 0 Å². The number of benzene rings is 2. The van der Waals surface area contributed by atoms with Crippen LogP contribution in [0.25, 0.3) is 20.2 Å². The van der Waals surface area contributed by atoms with E-state index < -0.39 is 0 Å². The summed E-state index contributed by atoms with van der Waals surface area (Å²) in [5.41, 5.74) is 0. The Morgan fingerprint density at radius 1 is 0.704 bits per heavy atom. The number of nitrogens with zero attached hydrogens (tertiary/aromatic N) is 2. The number of hydrogen-bond acceptors (Lipinski definition) is 5. The molecule has 0 saturated carbocycles. The highest BCUT2D eigenvalue weighted by atomic mass is 35.5.